The van der Waals surface area contributed by atoms with Crippen LogP contribution in [0.4, 0.5) is 4.79 Å². The molecule has 0 aliphatic heterocycles. The van der Waals surface area contributed by atoms with Gasteiger partial charge in [-0.15, -0.1) is 11.3 Å². The maximum atomic E-state index is 11.2. The lowest BCUT2D eigenvalue weighted by atomic mass is 10.3. The molecule has 2 aromatic rings. The van der Waals surface area contributed by atoms with E-state index in [1.54, 1.807) is 17.5 Å². The largest absolute Gasteiger partial charge is 0.338 e. The minimum atomic E-state index is -0.110. The van der Waals surface area contributed by atoms with Gasteiger partial charge in [-0.1, -0.05) is 6.07 Å². The maximum absolute atomic E-state index is 11.2. The first-order chi connectivity index (χ1) is 9.79. The van der Waals surface area contributed by atoms with Crippen LogP contribution in [-0.2, 0) is 6.42 Å². The van der Waals surface area contributed by atoms with Crippen LogP contribution >= 0.6 is 11.3 Å². The molecule has 0 atom stereocenters. The standard InChI is InChI=1S/C14H18N4OS/c1-2-15-14(19)17-9-5-7-13-18-12(10-20-13)11-6-3-4-8-16-11/h3-4,6,8,10H,2,5,7,9H2,1H3,(H2,15,17,19). The number of nitrogens with one attached hydrogen (secondary N) is 2. The van der Waals surface area contributed by atoms with Gasteiger partial charge in [-0.05, 0) is 25.5 Å². The predicted octanol–water partition coefficient (Wildman–Crippen LogP) is 2.46. The molecule has 0 radical (unpaired) electrons. The summed E-state index contributed by atoms with van der Waals surface area (Å²) in [5.74, 6) is 0. The Morgan fingerprint density at radius 1 is 1.30 bits per heavy atom. The third-order valence-corrected chi connectivity index (χ3v) is 3.58. The number of thiazole rings is 1. The van der Waals surface area contributed by atoms with Crippen molar-refractivity contribution >= 4 is 17.4 Å². The van der Waals surface area contributed by atoms with Crippen LogP contribution in [0.2, 0.25) is 0 Å². The van der Waals surface area contributed by atoms with Gasteiger partial charge in [-0.3, -0.25) is 4.98 Å². The predicted molar refractivity (Wildman–Crippen MR) is 80.7 cm³/mol. The van der Waals surface area contributed by atoms with Gasteiger partial charge in [-0.25, -0.2) is 9.78 Å². The topological polar surface area (TPSA) is 66.9 Å². The highest BCUT2D eigenvalue weighted by Crippen LogP contribution is 2.20. The lowest BCUT2D eigenvalue weighted by molar-refractivity contribution is 0.241. The van der Waals surface area contributed by atoms with Gasteiger partial charge in [0.25, 0.3) is 0 Å². The molecule has 6 heteroatoms. The fourth-order valence-electron chi connectivity index (χ4n) is 1.72. The lowest BCUT2D eigenvalue weighted by Crippen LogP contribution is -2.35. The number of urea groups is 1. The molecule has 5 nitrogen and oxygen atoms in total. The molecule has 0 aliphatic rings. The number of nitrogens with zero attached hydrogens (tertiary/aromatic N) is 2. The van der Waals surface area contributed by atoms with Crippen molar-refractivity contribution in [1.82, 2.24) is 20.6 Å². The second-order valence-electron chi connectivity index (χ2n) is 4.23. The fraction of sp³-hybridized carbons (Fsp3) is 0.357. The van der Waals surface area contributed by atoms with E-state index in [0.29, 0.717) is 13.1 Å². The molecule has 2 N–H and O–H groups in total. The molecule has 0 saturated carbocycles. The summed E-state index contributed by atoms with van der Waals surface area (Å²) in [6.45, 7) is 3.20. The fourth-order valence-corrected chi connectivity index (χ4v) is 2.56. The SMILES string of the molecule is CCNC(=O)NCCCc1nc(-c2ccccn2)cs1. The van der Waals surface area contributed by atoms with Crippen molar-refractivity contribution in [2.45, 2.75) is 19.8 Å². The Morgan fingerprint density at radius 2 is 2.20 bits per heavy atom. The van der Waals surface area contributed by atoms with Crippen LogP contribution < -0.4 is 10.6 Å². The summed E-state index contributed by atoms with van der Waals surface area (Å²) in [7, 11) is 0. The van der Waals surface area contributed by atoms with Crippen LogP contribution in [0, 0.1) is 0 Å². The average molecular weight is 290 g/mol. The quantitative estimate of drug-likeness (QED) is 0.803. The average Bonchev–Trinajstić information content (AvgIpc) is 2.94. The van der Waals surface area contributed by atoms with E-state index < -0.39 is 0 Å². The first-order valence-electron chi connectivity index (χ1n) is 6.67. The lowest BCUT2D eigenvalue weighted by Gasteiger charge is -2.04. The molecule has 2 aromatic heterocycles. The third kappa shape index (κ3) is 4.31. The highest BCUT2D eigenvalue weighted by molar-refractivity contribution is 7.09. The summed E-state index contributed by atoms with van der Waals surface area (Å²) >= 11 is 1.63. The van der Waals surface area contributed by atoms with E-state index in [2.05, 4.69) is 20.6 Å². The molecule has 0 saturated heterocycles. The highest BCUT2D eigenvalue weighted by atomic mass is 32.1. The molecule has 2 rings (SSSR count). The summed E-state index contributed by atoms with van der Waals surface area (Å²) < 4.78 is 0. The summed E-state index contributed by atoms with van der Waals surface area (Å²) in [4.78, 5) is 20.0. The number of rotatable bonds is 6. The number of amides is 2. The number of aromatic nitrogens is 2. The van der Waals surface area contributed by atoms with Gasteiger partial charge in [0, 0.05) is 31.1 Å². The van der Waals surface area contributed by atoms with Crippen molar-refractivity contribution in [1.29, 1.82) is 0 Å². The first-order valence-corrected chi connectivity index (χ1v) is 7.55. The van der Waals surface area contributed by atoms with Gasteiger partial charge in [0.05, 0.1) is 16.4 Å². The highest BCUT2D eigenvalue weighted by Gasteiger charge is 2.05. The molecule has 2 amide bonds. The van der Waals surface area contributed by atoms with Crippen molar-refractivity contribution in [2.24, 2.45) is 0 Å². The molecule has 2 heterocycles. The molecule has 0 aliphatic carbocycles. The maximum Gasteiger partial charge on any atom is 0.314 e. The number of carbonyl (C=O) groups excluding carboxylic acids is 1. The van der Waals surface area contributed by atoms with Crippen molar-refractivity contribution < 1.29 is 4.79 Å². The number of hydrogen-bond acceptors (Lipinski definition) is 4. The Labute approximate surface area is 122 Å². The number of aryl methyl sites for hydroxylation is 1. The Morgan fingerprint density at radius 3 is 2.95 bits per heavy atom. The Balaban J connectivity index is 1.78. The monoisotopic (exact) mass is 290 g/mol. The summed E-state index contributed by atoms with van der Waals surface area (Å²) in [6, 6.07) is 5.69. The normalized spacial score (nSPS) is 10.2. The summed E-state index contributed by atoms with van der Waals surface area (Å²) in [5, 5.41) is 8.60. The smallest absolute Gasteiger partial charge is 0.314 e. The van der Waals surface area contributed by atoms with Crippen LogP contribution in [-0.4, -0.2) is 29.1 Å². The van der Waals surface area contributed by atoms with E-state index in [-0.39, 0.29) is 6.03 Å². The van der Waals surface area contributed by atoms with E-state index in [4.69, 9.17) is 0 Å². The summed E-state index contributed by atoms with van der Waals surface area (Å²) in [5.41, 5.74) is 1.82. The van der Waals surface area contributed by atoms with Crippen molar-refractivity contribution in [3.05, 3.63) is 34.8 Å². The third-order valence-electron chi connectivity index (χ3n) is 2.67. The van der Waals surface area contributed by atoms with Gasteiger partial charge >= 0.3 is 6.03 Å². The van der Waals surface area contributed by atoms with Crippen LogP contribution in [0.15, 0.2) is 29.8 Å². The van der Waals surface area contributed by atoms with E-state index in [1.807, 2.05) is 30.5 Å². The second kappa shape index (κ2) is 7.59. The molecular formula is C14H18N4OS. The minimum Gasteiger partial charge on any atom is -0.338 e. The molecule has 0 spiro atoms. The molecule has 20 heavy (non-hydrogen) atoms. The second-order valence-corrected chi connectivity index (χ2v) is 5.17. The van der Waals surface area contributed by atoms with Crippen molar-refractivity contribution in [3.63, 3.8) is 0 Å². The zero-order valence-corrected chi connectivity index (χ0v) is 12.2. The Kier molecular flexibility index (Phi) is 5.49. The van der Waals surface area contributed by atoms with E-state index >= 15 is 0 Å². The zero-order valence-electron chi connectivity index (χ0n) is 11.4. The van der Waals surface area contributed by atoms with E-state index in [0.717, 1.165) is 29.2 Å². The van der Waals surface area contributed by atoms with Crippen molar-refractivity contribution in [2.75, 3.05) is 13.1 Å². The van der Waals surface area contributed by atoms with Crippen LogP contribution in [0.3, 0.4) is 0 Å². The molecule has 0 bridgehead atoms. The van der Waals surface area contributed by atoms with E-state index in [1.165, 1.54) is 0 Å². The van der Waals surface area contributed by atoms with Crippen LogP contribution in [0.25, 0.3) is 11.4 Å². The molecule has 0 unspecified atom stereocenters. The Bertz CT molecular complexity index is 541. The minimum absolute atomic E-state index is 0.110. The van der Waals surface area contributed by atoms with Crippen LogP contribution in [0.5, 0.6) is 0 Å². The van der Waals surface area contributed by atoms with Gasteiger partial charge in [-0.2, -0.15) is 0 Å². The molecule has 0 fully saturated rings. The van der Waals surface area contributed by atoms with Gasteiger partial charge in [0.15, 0.2) is 0 Å². The number of pyridine rings is 1. The number of carbonyl (C=O) groups is 1. The van der Waals surface area contributed by atoms with Crippen LogP contribution in [0.1, 0.15) is 18.4 Å². The van der Waals surface area contributed by atoms with E-state index in [9.17, 15) is 4.79 Å². The first kappa shape index (κ1) is 14.5. The Hall–Kier alpha value is -1.95. The molecule has 0 aromatic carbocycles. The summed E-state index contributed by atoms with van der Waals surface area (Å²) in [6.07, 6.45) is 3.51. The van der Waals surface area contributed by atoms with Gasteiger partial charge < -0.3 is 10.6 Å². The molecule has 106 valence electrons. The van der Waals surface area contributed by atoms with Crippen molar-refractivity contribution in [3.8, 4) is 11.4 Å². The zero-order chi connectivity index (χ0) is 14.2. The van der Waals surface area contributed by atoms with Gasteiger partial charge in [0.2, 0.25) is 0 Å². The number of hydrogen-bond donors (Lipinski definition) is 2. The van der Waals surface area contributed by atoms with Gasteiger partial charge in [0.1, 0.15) is 0 Å². The molecular weight excluding hydrogens is 272 g/mol.